The summed E-state index contributed by atoms with van der Waals surface area (Å²) in [7, 11) is 1.46. The van der Waals surface area contributed by atoms with Crippen molar-refractivity contribution >= 4 is 38.4 Å². The monoisotopic (exact) mass is 373 g/mol. The molecule has 22 heavy (non-hydrogen) atoms. The molecular formula is C11H16AsN5O5. The number of hydrogen-bond donors (Lipinski definition) is 4. The van der Waals surface area contributed by atoms with E-state index in [1.165, 1.54) is 34.9 Å². The van der Waals surface area contributed by atoms with Crippen LogP contribution in [-0.4, -0.2) is 83.7 Å². The zero-order valence-corrected chi connectivity index (χ0v) is 14.0. The van der Waals surface area contributed by atoms with Gasteiger partial charge in [-0.3, -0.25) is 0 Å². The molecule has 5 atom stereocenters. The van der Waals surface area contributed by atoms with E-state index in [4.69, 9.17) is 9.57 Å². The van der Waals surface area contributed by atoms with E-state index in [2.05, 4.69) is 20.4 Å². The summed E-state index contributed by atoms with van der Waals surface area (Å²) in [5.74, 6) is 0.400. The number of aliphatic hydroxyl groups excluding tert-OH is 3. The van der Waals surface area contributed by atoms with Crippen LogP contribution >= 0.6 is 0 Å². The third-order valence-electron chi connectivity index (χ3n) is 3.43. The number of nitrogens with zero attached hydrogens (tertiary/aromatic N) is 4. The molecule has 0 aromatic carbocycles. The van der Waals surface area contributed by atoms with Gasteiger partial charge in [0.1, 0.15) is 0 Å². The first kappa shape index (κ1) is 15.6. The van der Waals surface area contributed by atoms with Gasteiger partial charge < -0.3 is 0 Å². The minimum absolute atomic E-state index is 0.394. The van der Waals surface area contributed by atoms with Gasteiger partial charge in [-0.25, -0.2) is 0 Å². The van der Waals surface area contributed by atoms with Gasteiger partial charge in [0.25, 0.3) is 0 Å². The Morgan fingerprint density at radius 3 is 2.82 bits per heavy atom. The molecular weight excluding hydrogens is 357 g/mol. The molecule has 0 aliphatic carbocycles. The Bertz CT molecular complexity index is 682. The Kier molecular flexibility index (Phi) is 4.30. The summed E-state index contributed by atoms with van der Waals surface area (Å²) < 4.78 is 7.53. The van der Waals surface area contributed by atoms with Crippen LogP contribution in [0.25, 0.3) is 11.2 Å². The van der Waals surface area contributed by atoms with Crippen LogP contribution in [0.2, 0.25) is 0 Å². The molecule has 1 aliphatic heterocycles. The number of fused-ring (bicyclic) bond motifs is 1. The first-order chi connectivity index (χ1) is 10.6. The molecule has 2 aromatic rings. The summed E-state index contributed by atoms with van der Waals surface area (Å²) in [6, 6.07) is 0. The number of aliphatic hydroxyl groups is 3. The van der Waals surface area contributed by atoms with E-state index in [-0.39, 0.29) is 0 Å². The molecule has 3 heterocycles. The summed E-state index contributed by atoms with van der Waals surface area (Å²) >= 11 is 1.21. The molecule has 3 rings (SSSR count). The van der Waals surface area contributed by atoms with Crippen LogP contribution in [0.5, 0.6) is 0 Å². The molecule has 10 nitrogen and oxygen atoms in total. The zero-order valence-electron chi connectivity index (χ0n) is 11.6. The maximum absolute atomic E-state index is 10.1. The first-order valence-electron chi connectivity index (χ1n) is 6.48. The van der Waals surface area contributed by atoms with Gasteiger partial charge in [-0.1, -0.05) is 0 Å². The standard InChI is InChI=1S/C11H16AsN5O5/c1-21-16-8-5-9(15-11(12)14-8)17(3-13-5)10-7(20)6(19)4(2-18)22-10/h3-4,6-7,10,18-20H,2,12H2,1H3,(H,14,15,16)/t4-,6?,7?,10-/m1/s1. The molecule has 1 aliphatic rings. The number of hydrogen-bond acceptors (Lipinski definition) is 9. The zero-order chi connectivity index (χ0) is 15.9. The predicted molar refractivity (Wildman–Crippen MR) is 77.1 cm³/mol. The van der Waals surface area contributed by atoms with Gasteiger partial charge in [-0.2, -0.15) is 0 Å². The number of ether oxygens (including phenoxy) is 1. The number of rotatable bonds is 4. The molecule has 1 fully saturated rings. The Balaban J connectivity index is 2.05. The quantitative estimate of drug-likeness (QED) is 0.321. The van der Waals surface area contributed by atoms with E-state index in [0.717, 1.165) is 0 Å². The van der Waals surface area contributed by atoms with E-state index in [9.17, 15) is 15.3 Å². The summed E-state index contributed by atoms with van der Waals surface area (Å²) in [6.45, 7) is -0.394. The molecule has 0 amide bonds. The molecule has 0 spiro atoms. The molecule has 11 heteroatoms. The van der Waals surface area contributed by atoms with Crippen molar-refractivity contribution < 1.29 is 24.9 Å². The van der Waals surface area contributed by atoms with Crippen LogP contribution in [0.1, 0.15) is 6.23 Å². The summed E-state index contributed by atoms with van der Waals surface area (Å²) in [6.07, 6.45) is -2.70. The van der Waals surface area contributed by atoms with Crippen molar-refractivity contribution in [3.05, 3.63) is 6.33 Å². The fourth-order valence-electron chi connectivity index (χ4n) is 2.40. The van der Waals surface area contributed by atoms with E-state index < -0.39 is 31.1 Å². The molecule has 0 bridgehead atoms. The number of nitrogens with one attached hydrogen (secondary N) is 1. The van der Waals surface area contributed by atoms with Crippen LogP contribution in [-0.2, 0) is 9.57 Å². The van der Waals surface area contributed by atoms with Crippen molar-refractivity contribution in [2.45, 2.75) is 24.5 Å². The molecule has 3 unspecified atom stereocenters. The maximum atomic E-state index is 10.1. The van der Waals surface area contributed by atoms with Crippen molar-refractivity contribution in [3.8, 4) is 0 Å². The van der Waals surface area contributed by atoms with Gasteiger partial charge in [0, 0.05) is 0 Å². The molecule has 4 N–H and O–H groups in total. The Morgan fingerprint density at radius 1 is 1.41 bits per heavy atom. The van der Waals surface area contributed by atoms with Crippen molar-refractivity contribution in [1.82, 2.24) is 19.5 Å². The average Bonchev–Trinajstić information content (AvgIpc) is 3.02. The molecule has 120 valence electrons. The third-order valence-corrected chi connectivity index (χ3v) is 3.97. The number of imidazole rings is 1. The Hall–Kier alpha value is -1.29. The summed E-state index contributed by atoms with van der Waals surface area (Å²) in [5.41, 5.74) is 3.50. The normalized spacial score (nSPS) is 28.4. The predicted octanol–water partition coefficient (Wildman–Crippen LogP) is -3.33. The van der Waals surface area contributed by atoms with Crippen molar-refractivity contribution in [1.29, 1.82) is 0 Å². The van der Waals surface area contributed by atoms with Gasteiger partial charge in [0.15, 0.2) is 0 Å². The van der Waals surface area contributed by atoms with E-state index in [1.807, 2.05) is 0 Å². The Morgan fingerprint density at radius 2 is 2.18 bits per heavy atom. The number of anilines is 1. The Labute approximate surface area is 133 Å². The van der Waals surface area contributed by atoms with Crippen molar-refractivity contribution in [3.63, 3.8) is 0 Å². The molecule has 0 radical (unpaired) electrons. The molecule has 0 saturated carbocycles. The van der Waals surface area contributed by atoms with E-state index in [0.29, 0.717) is 21.6 Å². The second-order valence-electron chi connectivity index (χ2n) is 4.79. The van der Waals surface area contributed by atoms with Crippen LogP contribution in [0.15, 0.2) is 6.33 Å². The molecule has 1 saturated heterocycles. The second kappa shape index (κ2) is 6.07. The van der Waals surface area contributed by atoms with Gasteiger partial charge in [0.05, 0.1) is 0 Å². The van der Waals surface area contributed by atoms with Gasteiger partial charge in [-0.05, 0) is 0 Å². The molecule has 2 aromatic heterocycles. The average molecular weight is 373 g/mol. The topological polar surface area (TPSA) is 135 Å². The van der Waals surface area contributed by atoms with E-state index in [1.54, 1.807) is 0 Å². The van der Waals surface area contributed by atoms with Crippen LogP contribution in [0.4, 0.5) is 5.82 Å². The fourth-order valence-corrected chi connectivity index (χ4v) is 2.92. The summed E-state index contributed by atoms with van der Waals surface area (Å²) in [4.78, 5) is 17.6. The van der Waals surface area contributed by atoms with Gasteiger partial charge >= 0.3 is 133 Å². The minimum atomic E-state index is -1.20. The van der Waals surface area contributed by atoms with Crippen molar-refractivity contribution in [2.24, 2.45) is 0 Å². The van der Waals surface area contributed by atoms with Crippen LogP contribution in [0, 0.1) is 0 Å². The summed E-state index contributed by atoms with van der Waals surface area (Å²) in [5, 5.41) is 29.1. The SMILES string of the molecule is CONc1nc([AsH2])nc2c1ncn2[C@@H]1O[C@H](CO)C(O)C1O. The first-order valence-corrected chi connectivity index (χ1v) is 7.69. The second-order valence-corrected chi connectivity index (χ2v) is 5.87. The third kappa shape index (κ3) is 2.47. The number of aromatic nitrogens is 4. The van der Waals surface area contributed by atoms with Gasteiger partial charge in [-0.15, -0.1) is 0 Å². The van der Waals surface area contributed by atoms with Crippen LogP contribution in [0.3, 0.4) is 0 Å². The van der Waals surface area contributed by atoms with Crippen LogP contribution < -0.4 is 10.1 Å². The van der Waals surface area contributed by atoms with E-state index >= 15 is 0 Å². The van der Waals surface area contributed by atoms with Gasteiger partial charge in [0.2, 0.25) is 0 Å². The van der Waals surface area contributed by atoms with Crippen molar-refractivity contribution in [2.75, 3.05) is 19.2 Å². The fraction of sp³-hybridized carbons (Fsp3) is 0.545.